The third-order valence-electron chi connectivity index (χ3n) is 4.61. The number of halogens is 1. The lowest BCUT2D eigenvalue weighted by molar-refractivity contribution is -0.131. The zero-order valence-corrected chi connectivity index (χ0v) is 16.2. The Hall–Kier alpha value is -1.11. The summed E-state index contributed by atoms with van der Waals surface area (Å²) in [7, 11) is -3.15. The van der Waals surface area contributed by atoms with Crippen molar-refractivity contribution in [2.45, 2.75) is 50.3 Å². The molecule has 0 saturated heterocycles. The SMILES string of the molecule is Cl.NCCCN(Cc1ccccc1)C(=O)CCS(=O)(=O)C1CCCC1. The molecule has 0 aliphatic heterocycles. The normalized spacial score (nSPS) is 14.9. The molecule has 25 heavy (non-hydrogen) atoms. The number of benzene rings is 1. The van der Waals surface area contributed by atoms with Crippen LogP contribution in [0, 0.1) is 0 Å². The number of carbonyl (C=O) groups is 1. The minimum Gasteiger partial charge on any atom is -0.338 e. The Morgan fingerprint density at radius 2 is 1.80 bits per heavy atom. The first kappa shape index (κ1) is 21.9. The number of sulfone groups is 1. The maximum Gasteiger partial charge on any atom is 0.223 e. The Balaban J connectivity index is 0.00000312. The molecule has 1 amide bonds. The van der Waals surface area contributed by atoms with Crippen LogP contribution in [0.25, 0.3) is 0 Å². The molecule has 1 fully saturated rings. The van der Waals surface area contributed by atoms with E-state index in [-0.39, 0.29) is 35.7 Å². The van der Waals surface area contributed by atoms with E-state index in [1.165, 1.54) is 0 Å². The topological polar surface area (TPSA) is 80.5 Å². The van der Waals surface area contributed by atoms with Gasteiger partial charge in [0.15, 0.2) is 9.84 Å². The number of amides is 1. The maximum absolute atomic E-state index is 12.5. The third kappa shape index (κ3) is 6.96. The summed E-state index contributed by atoms with van der Waals surface area (Å²) >= 11 is 0. The van der Waals surface area contributed by atoms with Crippen LogP contribution in [-0.4, -0.2) is 43.3 Å². The van der Waals surface area contributed by atoms with E-state index in [0.717, 1.165) is 31.2 Å². The molecule has 1 aromatic rings. The van der Waals surface area contributed by atoms with E-state index in [4.69, 9.17) is 5.73 Å². The van der Waals surface area contributed by atoms with Gasteiger partial charge >= 0.3 is 0 Å². The summed E-state index contributed by atoms with van der Waals surface area (Å²) in [6, 6.07) is 9.75. The van der Waals surface area contributed by atoms with E-state index >= 15 is 0 Å². The van der Waals surface area contributed by atoms with Gasteiger partial charge in [0, 0.05) is 19.5 Å². The fourth-order valence-corrected chi connectivity index (χ4v) is 5.02. The first-order chi connectivity index (χ1) is 11.5. The summed E-state index contributed by atoms with van der Waals surface area (Å²) in [5.74, 6) is -0.140. The molecule has 0 radical (unpaired) electrons. The predicted molar refractivity (Wildman–Crippen MR) is 103 cm³/mol. The fourth-order valence-electron chi connectivity index (χ4n) is 3.18. The fraction of sp³-hybridized carbons (Fsp3) is 0.611. The lowest BCUT2D eigenvalue weighted by Crippen LogP contribution is -2.34. The number of hydrogen-bond donors (Lipinski definition) is 1. The molecule has 0 aromatic heterocycles. The van der Waals surface area contributed by atoms with E-state index in [1.54, 1.807) is 4.90 Å². The molecule has 0 bridgehead atoms. The predicted octanol–water partition coefficient (Wildman–Crippen LogP) is 2.53. The molecule has 0 unspecified atom stereocenters. The molecular formula is C18H29ClN2O3S. The smallest absolute Gasteiger partial charge is 0.223 e. The average Bonchev–Trinajstić information content (AvgIpc) is 3.13. The van der Waals surface area contributed by atoms with Crippen molar-refractivity contribution in [3.05, 3.63) is 35.9 Å². The van der Waals surface area contributed by atoms with Gasteiger partial charge in [-0.1, -0.05) is 43.2 Å². The van der Waals surface area contributed by atoms with Crippen LogP contribution in [0.15, 0.2) is 30.3 Å². The highest BCUT2D eigenvalue weighted by atomic mass is 35.5. The monoisotopic (exact) mass is 388 g/mol. The highest BCUT2D eigenvalue weighted by Gasteiger charge is 2.29. The van der Waals surface area contributed by atoms with Crippen molar-refractivity contribution in [3.63, 3.8) is 0 Å². The van der Waals surface area contributed by atoms with Gasteiger partial charge in [-0.2, -0.15) is 0 Å². The van der Waals surface area contributed by atoms with E-state index in [0.29, 0.717) is 26.1 Å². The second-order valence-corrected chi connectivity index (χ2v) is 8.87. The van der Waals surface area contributed by atoms with Crippen LogP contribution in [0.3, 0.4) is 0 Å². The molecule has 0 atom stereocenters. The highest BCUT2D eigenvalue weighted by Crippen LogP contribution is 2.25. The van der Waals surface area contributed by atoms with Crippen molar-refractivity contribution >= 4 is 28.2 Å². The van der Waals surface area contributed by atoms with Gasteiger partial charge in [0.1, 0.15) is 0 Å². The third-order valence-corrected chi connectivity index (χ3v) is 6.87. The minimum absolute atomic E-state index is 0. The van der Waals surface area contributed by atoms with E-state index in [2.05, 4.69) is 0 Å². The van der Waals surface area contributed by atoms with Gasteiger partial charge in [0.2, 0.25) is 5.91 Å². The number of nitrogens with zero attached hydrogens (tertiary/aromatic N) is 1. The van der Waals surface area contributed by atoms with Gasteiger partial charge in [-0.3, -0.25) is 4.79 Å². The summed E-state index contributed by atoms with van der Waals surface area (Å²) in [5, 5.41) is -0.239. The second kappa shape index (κ2) is 10.8. The summed E-state index contributed by atoms with van der Waals surface area (Å²) in [5.41, 5.74) is 6.61. The van der Waals surface area contributed by atoms with Crippen molar-refractivity contribution < 1.29 is 13.2 Å². The van der Waals surface area contributed by atoms with Gasteiger partial charge in [0.05, 0.1) is 11.0 Å². The van der Waals surface area contributed by atoms with Crippen molar-refractivity contribution in [3.8, 4) is 0 Å². The van der Waals surface area contributed by atoms with Crippen LogP contribution < -0.4 is 5.73 Å². The van der Waals surface area contributed by atoms with Gasteiger partial charge in [-0.05, 0) is 31.4 Å². The Kier molecular flexibility index (Phi) is 9.46. The summed E-state index contributed by atoms with van der Waals surface area (Å²) in [6.07, 6.45) is 4.24. The van der Waals surface area contributed by atoms with Crippen LogP contribution >= 0.6 is 12.4 Å². The van der Waals surface area contributed by atoms with Crippen molar-refractivity contribution in [1.82, 2.24) is 4.90 Å². The van der Waals surface area contributed by atoms with Crippen LogP contribution in [0.4, 0.5) is 0 Å². The van der Waals surface area contributed by atoms with Gasteiger partial charge < -0.3 is 10.6 Å². The van der Waals surface area contributed by atoms with E-state index in [1.807, 2.05) is 30.3 Å². The number of nitrogens with two attached hydrogens (primary N) is 1. The second-order valence-electron chi connectivity index (χ2n) is 6.47. The van der Waals surface area contributed by atoms with E-state index in [9.17, 15) is 13.2 Å². The van der Waals surface area contributed by atoms with Crippen molar-refractivity contribution in [2.24, 2.45) is 5.73 Å². The Labute approximate surface area is 157 Å². The van der Waals surface area contributed by atoms with Crippen molar-refractivity contribution in [1.29, 1.82) is 0 Å². The Morgan fingerprint density at radius 3 is 2.40 bits per heavy atom. The molecule has 0 spiro atoms. The molecule has 2 rings (SSSR count). The summed E-state index contributed by atoms with van der Waals surface area (Å²) in [4.78, 5) is 14.3. The first-order valence-corrected chi connectivity index (χ1v) is 10.5. The summed E-state index contributed by atoms with van der Waals surface area (Å²) < 4.78 is 24.7. The lowest BCUT2D eigenvalue weighted by atomic mass is 10.2. The molecule has 0 heterocycles. The van der Waals surface area contributed by atoms with Crippen LogP contribution in [0.1, 0.15) is 44.1 Å². The molecular weight excluding hydrogens is 360 g/mol. The number of carbonyl (C=O) groups excluding carboxylic acids is 1. The van der Waals surface area contributed by atoms with Crippen LogP contribution in [0.2, 0.25) is 0 Å². The number of hydrogen-bond acceptors (Lipinski definition) is 4. The highest BCUT2D eigenvalue weighted by molar-refractivity contribution is 7.92. The van der Waals surface area contributed by atoms with Crippen molar-refractivity contribution in [2.75, 3.05) is 18.8 Å². The molecule has 1 saturated carbocycles. The zero-order chi connectivity index (χ0) is 17.4. The Morgan fingerprint density at radius 1 is 1.16 bits per heavy atom. The minimum atomic E-state index is -3.15. The van der Waals surface area contributed by atoms with Gasteiger partial charge in [0.25, 0.3) is 0 Å². The molecule has 1 aromatic carbocycles. The first-order valence-electron chi connectivity index (χ1n) is 8.76. The molecule has 5 nitrogen and oxygen atoms in total. The molecule has 7 heteroatoms. The molecule has 142 valence electrons. The van der Waals surface area contributed by atoms with Gasteiger partial charge in [-0.25, -0.2) is 8.42 Å². The summed E-state index contributed by atoms with van der Waals surface area (Å²) in [6.45, 7) is 1.58. The largest absolute Gasteiger partial charge is 0.338 e. The van der Waals surface area contributed by atoms with E-state index < -0.39 is 9.84 Å². The van der Waals surface area contributed by atoms with Crippen LogP contribution in [0.5, 0.6) is 0 Å². The Bertz CT molecular complexity index is 616. The standard InChI is InChI=1S/C18H28N2O3S.ClH/c19-12-6-13-20(15-16-7-2-1-3-8-16)18(21)11-14-24(22,23)17-9-4-5-10-17;/h1-3,7-8,17H,4-6,9-15,19H2;1H. The lowest BCUT2D eigenvalue weighted by Gasteiger charge is -2.23. The quantitative estimate of drug-likeness (QED) is 0.704. The molecule has 2 N–H and O–H groups in total. The van der Waals surface area contributed by atoms with Crippen LogP contribution in [-0.2, 0) is 21.2 Å². The van der Waals surface area contributed by atoms with Gasteiger partial charge in [-0.15, -0.1) is 12.4 Å². The maximum atomic E-state index is 12.5. The molecule has 1 aliphatic rings. The molecule has 1 aliphatic carbocycles. The average molecular weight is 389 g/mol. The zero-order valence-electron chi connectivity index (χ0n) is 14.6. The number of rotatable bonds is 9.